The second-order valence-corrected chi connectivity index (χ2v) is 9.25. The van der Waals surface area contributed by atoms with Crippen molar-refractivity contribution in [1.29, 1.82) is 0 Å². The van der Waals surface area contributed by atoms with Gasteiger partial charge in [-0.1, -0.05) is 30.3 Å². The molecule has 2 atom stereocenters. The monoisotopic (exact) mass is 477 g/mol. The molecule has 2 aliphatic rings. The van der Waals surface area contributed by atoms with Crippen LogP contribution in [0.15, 0.2) is 48.5 Å². The maximum Gasteiger partial charge on any atom is 0.308 e. The van der Waals surface area contributed by atoms with Gasteiger partial charge in [-0.25, -0.2) is 4.89 Å². The minimum Gasteiger partial charge on any atom is -0.489 e. The molecule has 0 radical (unpaired) electrons. The van der Waals surface area contributed by atoms with Gasteiger partial charge in [0.05, 0.1) is 25.2 Å². The second-order valence-electron chi connectivity index (χ2n) is 9.25. The van der Waals surface area contributed by atoms with Gasteiger partial charge in [-0.2, -0.15) is 0 Å². The zero-order valence-electron chi connectivity index (χ0n) is 20.7. The van der Waals surface area contributed by atoms with Gasteiger partial charge in [0.2, 0.25) is 0 Å². The Morgan fingerprint density at radius 2 is 1.83 bits per heavy atom. The molecule has 0 unspecified atom stereocenters. The Balaban J connectivity index is 0.000000672. The van der Waals surface area contributed by atoms with E-state index in [0.717, 1.165) is 43.4 Å². The molecule has 5 rings (SSSR count). The third kappa shape index (κ3) is 6.38. The Bertz CT molecular complexity index is 1130. The fourth-order valence-electron chi connectivity index (χ4n) is 4.90. The van der Waals surface area contributed by atoms with Gasteiger partial charge in [-0.3, -0.25) is 15.0 Å². The summed E-state index contributed by atoms with van der Waals surface area (Å²) in [6.45, 7) is 2.66. The largest absolute Gasteiger partial charge is 0.489 e. The summed E-state index contributed by atoms with van der Waals surface area (Å²) in [6, 6.07) is 16.8. The first kappa shape index (κ1) is 25.1. The molecule has 0 aliphatic heterocycles. The van der Waals surface area contributed by atoms with E-state index < -0.39 is 0 Å². The molecule has 0 bridgehead atoms. The van der Waals surface area contributed by atoms with Crippen molar-refractivity contribution in [3.63, 3.8) is 0 Å². The minimum absolute atomic E-state index is 0.0560. The standard InChI is InChI=1S/C27H29NO3.C2H6O2/c1-30-27(29)23-16-19(23)13-10-18-11-14-20(15-12-18)31-17-24-21-6-2-4-8-25(21)28-26-9-5-3-7-22(24)26;1-2-4-3/h2,4,6,8,11-12,14-15,19,23H,3,5,7,9-10,13,16-17H2,1H3;3H,2H2,1H3/t19-,23+;/m1./s1. The predicted octanol–water partition coefficient (Wildman–Crippen LogP) is 5.93. The molecule has 35 heavy (non-hydrogen) atoms. The Hall–Kier alpha value is -2.96. The van der Waals surface area contributed by atoms with Crippen LogP contribution in [0.1, 0.15) is 55.0 Å². The van der Waals surface area contributed by atoms with Crippen LogP contribution in [-0.2, 0) is 40.3 Å². The summed E-state index contributed by atoms with van der Waals surface area (Å²) in [7, 11) is 1.47. The van der Waals surface area contributed by atoms with Crippen LogP contribution in [0, 0.1) is 11.8 Å². The van der Waals surface area contributed by atoms with Crippen molar-refractivity contribution in [2.24, 2.45) is 11.8 Å². The summed E-state index contributed by atoms with van der Waals surface area (Å²) in [6.07, 6.45) is 7.61. The van der Waals surface area contributed by atoms with E-state index in [9.17, 15) is 4.79 Å². The molecule has 186 valence electrons. The van der Waals surface area contributed by atoms with Crippen molar-refractivity contribution in [1.82, 2.24) is 4.98 Å². The minimum atomic E-state index is -0.0560. The topological polar surface area (TPSA) is 77.9 Å². The number of carbonyl (C=O) groups is 1. The van der Waals surface area contributed by atoms with Crippen molar-refractivity contribution in [2.75, 3.05) is 13.7 Å². The van der Waals surface area contributed by atoms with E-state index in [2.05, 4.69) is 53.4 Å². The number of aromatic nitrogens is 1. The number of benzene rings is 2. The highest BCUT2D eigenvalue weighted by Gasteiger charge is 2.43. The first-order chi connectivity index (χ1) is 17.1. The molecule has 0 amide bonds. The number of esters is 1. The van der Waals surface area contributed by atoms with Crippen LogP contribution in [0.2, 0.25) is 0 Å². The number of pyridine rings is 1. The summed E-state index contributed by atoms with van der Waals surface area (Å²) < 4.78 is 11.1. The lowest BCUT2D eigenvalue weighted by Gasteiger charge is -2.21. The van der Waals surface area contributed by atoms with Crippen LogP contribution in [-0.4, -0.2) is 29.9 Å². The maximum absolute atomic E-state index is 11.6. The van der Waals surface area contributed by atoms with Gasteiger partial charge in [-0.15, -0.1) is 0 Å². The number of para-hydroxylation sites is 1. The normalized spacial score (nSPS) is 18.3. The van der Waals surface area contributed by atoms with E-state index in [1.54, 1.807) is 6.92 Å². The van der Waals surface area contributed by atoms with E-state index in [1.165, 1.54) is 47.7 Å². The maximum atomic E-state index is 11.6. The highest BCUT2D eigenvalue weighted by molar-refractivity contribution is 5.83. The number of fused-ring (bicyclic) bond motifs is 2. The van der Waals surface area contributed by atoms with Crippen molar-refractivity contribution in [2.45, 2.75) is 58.5 Å². The molecule has 6 nitrogen and oxygen atoms in total. The lowest BCUT2D eigenvalue weighted by Crippen LogP contribution is -2.11. The van der Waals surface area contributed by atoms with Gasteiger partial charge in [0.1, 0.15) is 12.4 Å². The number of nitrogens with zero attached hydrogens (tertiary/aromatic N) is 1. The first-order valence-corrected chi connectivity index (χ1v) is 12.6. The van der Waals surface area contributed by atoms with Crippen molar-refractivity contribution in [3.8, 4) is 5.75 Å². The number of carbonyl (C=O) groups excluding carboxylic acids is 1. The lowest BCUT2D eigenvalue weighted by molar-refractivity contribution is -0.237. The van der Waals surface area contributed by atoms with Gasteiger partial charge in [0.25, 0.3) is 0 Å². The van der Waals surface area contributed by atoms with Gasteiger partial charge < -0.3 is 9.47 Å². The molecule has 3 aromatic rings. The molecule has 0 spiro atoms. The average Bonchev–Trinajstić information content (AvgIpc) is 3.70. The van der Waals surface area contributed by atoms with E-state index >= 15 is 0 Å². The van der Waals surface area contributed by atoms with Crippen LogP contribution in [0.5, 0.6) is 5.75 Å². The highest BCUT2D eigenvalue weighted by Crippen LogP contribution is 2.42. The number of ether oxygens (including phenoxy) is 2. The fourth-order valence-corrected chi connectivity index (χ4v) is 4.90. The smallest absolute Gasteiger partial charge is 0.308 e. The number of hydrogen-bond donors (Lipinski definition) is 1. The van der Waals surface area contributed by atoms with Crippen LogP contribution in [0.25, 0.3) is 10.9 Å². The molecule has 1 N–H and O–H groups in total. The molecule has 6 heteroatoms. The van der Waals surface area contributed by atoms with Gasteiger partial charge >= 0.3 is 5.97 Å². The number of aryl methyl sites for hydroxylation is 2. The molecular formula is C29H35NO5. The van der Waals surface area contributed by atoms with Gasteiger partial charge in [-0.05, 0) is 87.1 Å². The van der Waals surface area contributed by atoms with Crippen LogP contribution >= 0.6 is 0 Å². The summed E-state index contributed by atoms with van der Waals surface area (Å²) >= 11 is 0. The van der Waals surface area contributed by atoms with E-state index in [0.29, 0.717) is 19.1 Å². The van der Waals surface area contributed by atoms with Crippen molar-refractivity contribution < 1.29 is 24.4 Å². The second kappa shape index (κ2) is 12.1. The summed E-state index contributed by atoms with van der Waals surface area (Å²) in [5.41, 5.74) is 6.30. The third-order valence-electron chi connectivity index (χ3n) is 6.95. The van der Waals surface area contributed by atoms with Crippen LogP contribution in [0.3, 0.4) is 0 Å². The SMILES string of the molecule is CCOO.COC(=O)[C@H]1C[C@H]1CCc1ccc(OCc2c3c(nc4ccccc24)CCCC3)cc1. The fraction of sp³-hybridized carbons (Fsp3) is 0.448. The Labute approximate surface area is 207 Å². The van der Waals surface area contributed by atoms with E-state index in [-0.39, 0.29) is 11.9 Å². The average molecular weight is 478 g/mol. The van der Waals surface area contributed by atoms with Crippen molar-refractivity contribution >= 4 is 16.9 Å². The highest BCUT2D eigenvalue weighted by atomic mass is 17.1. The number of methoxy groups -OCH3 is 1. The number of rotatable bonds is 8. The first-order valence-electron chi connectivity index (χ1n) is 12.6. The third-order valence-corrected chi connectivity index (χ3v) is 6.95. The molecule has 1 fully saturated rings. The Morgan fingerprint density at radius 3 is 2.57 bits per heavy atom. The number of hydrogen-bond acceptors (Lipinski definition) is 6. The molecule has 0 saturated heterocycles. The van der Waals surface area contributed by atoms with Crippen LogP contribution < -0.4 is 4.74 Å². The van der Waals surface area contributed by atoms with Crippen LogP contribution in [0.4, 0.5) is 0 Å². The summed E-state index contributed by atoms with van der Waals surface area (Å²) in [4.78, 5) is 20.0. The predicted molar refractivity (Wildman–Crippen MR) is 135 cm³/mol. The molecular weight excluding hydrogens is 442 g/mol. The summed E-state index contributed by atoms with van der Waals surface area (Å²) in [5, 5.41) is 8.59. The lowest BCUT2D eigenvalue weighted by atomic mass is 9.90. The van der Waals surface area contributed by atoms with E-state index in [4.69, 9.17) is 19.7 Å². The zero-order valence-corrected chi connectivity index (χ0v) is 20.7. The molecule has 2 aliphatic carbocycles. The summed E-state index contributed by atoms with van der Waals surface area (Å²) in [5.74, 6) is 1.44. The molecule has 1 aromatic heterocycles. The van der Waals surface area contributed by atoms with Gasteiger partial charge in [0.15, 0.2) is 0 Å². The molecule has 1 heterocycles. The molecule has 2 aromatic carbocycles. The van der Waals surface area contributed by atoms with Crippen molar-refractivity contribution in [3.05, 3.63) is 70.9 Å². The zero-order chi connectivity index (χ0) is 24.6. The quantitative estimate of drug-likeness (QED) is 0.246. The molecule has 1 saturated carbocycles. The van der Waals surface area contributed by atoms with E-state index in [1.807, 2.05) is 0 Å². The Kier molecular flexibility index (Phi) is 8.72. The Morgan fingerprint density at radius 1 is 1.09 bits per heavy atom. The van der Waals surface area contributed by atoms with Gasteiger partial charge in [0, 0.05) is 16.6 Å².